The fourth-order valence-electron chi connectivity index (χ4n) is 2.74. The van der Waals surface area contributed by atoms with Crippen molar-refractivity contribution in [1.82, 2.24) is 10.3 Å². The number of carbonyl (C=O) groups excluding carboxylic acids is 2. The normalized spacial score (nSPS) is 10.8. The first kappa shape index (κ1) is 21.1. The Morgan fingerprint density at radius 3 is 2.66 bits per heavy atom. The van der Waals surface area contributed by atoms with Gasteiger partial charge in [-0.05, 0) is 38.5 Å². The van der Waals surface area contributed by atoms with Crippen LogP contribution in [0.25, 0.3) is 11.3 Å². The van der Waals surface area contributed by atoms with Gasteiger partial charge in [0, 0.05) is 39.7 Å². The number of rotatable bonds is 7. The predicted molar refractivity (Wildman–Crippen MR) is 111 cm³/mol. The zero-order chi connectivity index (χ0) is 21.0. The van der Waals surface area contributed by atoms with E-state index in [1.807, 2.05) is 19.2 Å². The van der Waals surface area contributed by atoms with Gasteiger partial charge in [0.05, 0.1) is 11.3 Å². The van der Waals surface area contributed by atoms with Crippen LogP contribution in [-0.4, -0.2) is 23.3 Å². The minimum Gasteiger partial charge on any atom is -0.352 e. The predicted octanol–water partition coefficient (Wildman–Crippen LogP) is 4.92. The Balaban J connectivity index is 1.45. The van der Waals surface area contributed by atoms with Crippen LogP contribution in [0, 0.1) is 25.5 Å². The van der Waals surface area contributed by atoms with Crippen LogP contribution in [0.4, 0.5) is 13.9 Å². The van der Waals surface area contributed by atoms with E-state index in [0.717, 1.165) is 23.4 Å². The number of aryl methyl sites for hydroxylation is 2. The van der Waals surface area contributed by atoms with Crippen LogP contribution in [-0.2, 0) is 4.79 Å². The van der Waals surface area contributed by atoms with Gasteiger partial charge in [-0.2, -0.15) is 0 Å². The molecule has 0 saturated heterocycles. The van der Waals surface area contributed by atoms with Crippen LogP contribution in [0.1, 0.15) is 33.0 Å². The zero-order valence-corrected chi connectivity index (χ0v) is 17.5. The first-order valence-corrected chi connectivity index (χ1v) is 10.6. The van der Waals surface area contributed by atoms with E-state index >= 15 is 0 Å². The molecule has 5 nitrogen and oxygen atoms in total. The number of thiophene rings is 1. The van der Waals surface area contributed by atoms with Gasteiger partial charge in [0.25, 0.3) is 5.91 Å². The Bertz CT molecular complexity index is 1050. The number of amides is 2. The summed E-state index contributed by atoms with van der Waals surface area (Å²) < 4.78 is 26.4. The summed E-state index contributed by atoms with van der Waals surface area (Å²) in [6, 6.07) is 4.84. The van der Waals surface area contributed by atoms with E-state index in [-0.39, 0.29) is 24.4 Å². The fourth-order valence-corrected chi connectivity index (χ4v) is 4.40. The van der Waals surface area contributed by atoms with E-state index in [2.05, 4.69) is 21.7 Å². The van der Waals surface area contributed by atoms with E-state index in [0.29, 0.717) is 17.6 Å². The van der Waals surface area contributed by atoms with Crippen LogP contribution in [0.2, 0.25) is 0 Å². The molecule has 0 saturated carbocycles. The van der Waals surface area contributed by atoms with Gasteiger partial charge in [0.2, 0.25) is 5.91 Å². The third-order valence-electron chi connectivity index (χ3n) is 4.11. The van der Waals surface area contributed by atoms with Crippen LogP contribution in [0.3, 0.4) is 0 Å². The topological polar surface area (TPSA) is 71.1 Å². The number of benzene rings is 1. The number of thiazole rings is 1. The van der Waals surface area contributed by atoms with Gasteiger partial charge in [-0.1, -0.05) is 0 Å². The molecule has 0 aliphatic heterocycles. The molecule has 0 aliphatic carbocycles. The molecule has 2 amide bonds. The summed E-state index contributed by atoms with van der Waals surface area (Å²) in [7, 11) is 0. The number of aromatic nitrogens is 1. The molecule has 152 valence electrons. The van der Waals surface area contributed by atoms with Crippen molar-refractivity contribution in [2.24, 2.45) is 0 Å². The standard InChI is InChI=1S/C20H19F2N3O2S2/c1-11-8-15(12(2)29-11)17-10-28-20(24-17)25-18(26)4-3-7-23-19(27)14-6-5-13(21)9-16(14)22/h5-6,8-10H,3-4,7H2,1-2H3,(H,23,27)(H,24,25,26). The molecule has 2 heterocycles. The molecule has 9 heteroatoms. The maximum Gasteiger partial charge on any atom is 0.254 e. The molecular weight excluding hydrogens is 416 g/mol. The number of carbonyl (C=O) groups is 2. The number of hydrogen-bond acceptors (Lipinski definition) is 5. The number of nitrogens with zero attached hydrogens (tertiary/aromatic N) is 1. The van der Waals surface area contributed by atoms with Crippen molar-refractivity contribution in [2.45, 2.75) is 26.7 Å². The molecule has 0 unspecified atom stereocenters. The molecule has 0 atom stereocenters. The van der Waals surface area contributed by atoms with Crippen molar-refractivity contribution in [3.63, 3.8) is 0 Å². The maximum absolute atomic E-state index is 13.6. The number of nitrogens with one attached hydrogen (secondary N) is 2. The lowest BCUT2D eigenvalue weighted by molar-refractivity contribution is -0.116. The minimum atomic E-state index is -0.920. The van der Waals surface area contributed by atoms with Gasteiger partial charge in [0.1, 0.15) is 11.6 Å². The van der Waals surface area contributed by atoms with Crippen molar-refractivity contribution in [1.29, 1.82) is 0 Å². The lowest BCUT2D eigenvalue weighted by Gasteiger charge is -2.06. The highest BCUT2D eigenvalue weighted by Gasteiger charge is 2.13. The molecule has 0 fully saturated rings. The second-order valence-electron chi connectivity index (χ2n) is 6.40. The SMILES string of the molecule is Cc1cc(-c2csc(NC(=O)CCCNC(=O)c3ccc(F)cc3F)n2)c(C)s1. The molecule has 29 heavy (non-hydrogen) atoms. The van der Waals surface area contributed by atoms with Crippen molar-refractivity contribution in [3.8, 4) is 11.3 Å². The second kappa shape index (κ2) is 9.23. The molecule has 0 aliphatic rings. The van der Waals surface area contributed by atoms with Gasteiger partial charge in [-0.3, -0.25) is 9.59 Å². The molecule has 0 radical (unpaired) electrons. The summed E-state index contributed by atoms with van der Waals surface area (Å²) in [6.45, 7) is 4.27. The van der Waals surface area contributed by atoms with E-state index in [1.54, 1.807) is 11.3 Å². The van der Waals surface area contributed by atoms with E-state index in [9.17, 15) is 18.4 Å². The zero-order valence-electron chi connectivity index (χ0n) is 15.8. The van der Waals surface area contributed by atoms with Crippen LogP contribution >= 0.6 is 22.7 Å². The van der Waals surface area contributed by atoms with Crippen LogP contribution in [0.15, 0.2) is 29.6 Å². The number of hydrogen-bond donors (Lipinski definition) is 2. The van der Waals surface area contributed by atoms with Crippen molar-refractivity contribution in [2.75, 3.05) is 11.9 Å². The Morgan fingerprint density at radius 2 is 1.97 bits per heavy atom. The van der Waals surface area contributed by atoms with E-state index in [4.69, 9.17) is 0 Å². The fraction of sp³-hybridized carbons (Fsp3) is 0.250. The van der Waals surface area contributed by atoms with Gasteiger partial charge < -0.3 is 10.6 Å². The number of anilines is 1. The van der Waals surface area contributed by atoms with Gasteiger partial charge >= 0.3 is 0 Å². The van der Waals surface area contributed by atoms with E-state index < -0.39 is 17.5 Å². The third-order valence-corrected chi connectivity index (χ3v) is 5.83. The quantitative estimate of drug-likeness (QED) is 0.518. The molecule has 0 bridgehead atoms. The largest absolute Gasteiger partial charge is 0.352 e. The molecule has 2 N–H and O–H groups in total. The third kappa shape index (κ3) is 5.45. The summed E-state index contributed by atoms with van der Waals surface area (Å²) >= 11 is 3.06. The minimum absolute atomic E-state index is 0.178. The van der Waals surface area contributed by atoms with Crippen molar-refractivity contribution >= 4 is 39.6 Å². The summed E-state index contributed by atoms with van der Waals surface area (Å²) in [5.41, 5.74) is 1.67. The molecule has 0 spiro atoms. The highest BCUT2D eigenvalue weighted by atomic mass is 32.1. The first-order chi connectivity index (χ1) is 13.8. The lowest BCUT2D eigenvalue weighted by atomic mass is 10.2. The van der Waals surface area contributed by atoms with Gasteiger partial charge in [-0.15, -0.1) is 22.7 Å². The highest BCUT2D eigenvalue weighted by Crippen LogP contribution is 2.32. The second-order valence-corrected chi connectivity index (χ2v) is 8.72. The van der Waals surface area contributed by atoms with Gasteiger partial charge in [0.15, 0.2) is 5.13 Å². The summed E-state index contributed by atoms with van der Waals surface area (Å²) in [5, 5.41) is 7.69. The Hall–Kier alpha value is -2.65. The Kier molecular flexibility index (Phi) is 6.71. The molecule has 2 aromatic heterocycles. The van der Waals surface area contributed by atoms with E-state index in [1.165, 1.54) is 21.1 Å². The summed E-state index contributed by atoms with van der Waals surface area (Å²) in [4.78, 5) is 30.8. The maximum atomic E-state index is 13.6. The van der Waals surface area contributed by atoms with Gasteiger partial charge in [-0.25, -0.2) is 13.8 Å². The average Bonchev–Trinajstić information content (AvgIpc) is 3.24. The average molecular weight is 436 g/mol. The van der Waals surface area contributed by atoms with Crippen LogP contribution in [0.5, 0.6) is 0 Å². The molecule has 1 aromatic carbocycles. The first-order valence-electron chi connectivity index (χ1n) is 8.89. The lowest BCUT2D eigenvalue weighted by Crippen LogP contribution is -2.26. The smallest absolute Gasteiger partial charge is 0.254 e. The highest BCUT2D eigenvalue weighted by molar-refractivity contribution is 7.14. The number of halogens is 2. The van der Waals surface area contributed by atoms with Crippen molar-refractivity contribution in [3.05, 3.63) is 56.6 Å². The Morgan fingerprint density at radius 1 is 1.17 bits per heavy atom. The molecule has 3 aromatic rings. The summed E-state index contributed by atoms with van der Waals surface area (Å²) in [5.74, 6) is -2.53. The van der Waals surface area contributed by atoms with Crippen LogP contribution < -0.4 is 10.6 Å². The molecule has 3 rings (SSSR count). The van der Waals surface area contributed by atoms with Crippen molar-refractivity contribution < 1.29 is 18.4 Å². The Labute approximate surface area is 174 Å². The summed E-state index contributed by atoms with van der Waals surface area (Å²) in [6.07, 6.45) is 0.555. The molecular formula is C20H19F2N3O2S2. The monoisotopic (exact) mass is 435 g/mol.